The molecule has 0 aromatic heterocycles. The quantitative estimate of drug-likeness (QED) is 0.855. The third kappa shape index (κ3) is 4.36. The zero-order valence-corrected chi connectivity index (χ0v) is 11.2. The Labute approximate surface area is 104 Å². The van der Waals surface area contributed by atoms with Crippen LogP contribution in [-0.4, -0.2) is 26.4 Å². The van der Waals surface area contributed by atoms with E-state index in [4.69, 9.17) is 15.2 Å². The Balaban J connectivity index is 2.68. The van der Waals surface area contributed by atoms with Crippen molar-refractivity contribution in [2.24, 2.45) is 5.73 Å². The summed E-state index contributed by atoms with van der Waals surface area (Å²) in [6.45, 7) is 7.54. The van der Waals surface area contributed by atoms with Crippen LogP contribution in [0, 0.1) is 0 Å². The van der Waals surface area contributed by atoms with Gasteiger partial charge in [-0.15, -0.1) is 0 Å². The summed E-state index contributed by atoms with van der Waals surface area (Å²) in [6.07, 6.45) is -0.0829. The minimum atomic E-state index is -0.0829. The fourth-order valence-electron chi connectivity index (χ4n) is 1.56. The van der Waals surface area contributed by atoms with Gasteiger partial charge in [-0.1, -0.05) is 32.9 Å². The highest BCUT2D eigenvalue weighted by atomic mass is 16.5. The van der Waals surface area contributed by atoms with Crippen LogP contribution in [0.1, 0.15) is 26.3 Å². The fourth-order valence-corrected chi connectivity index (χ4v) is 1.56. The van der Waals surface area contributed by atoms with E-state index in [0.29, 0.717) is 13.2 Å². The van der Waals surface area contributed by atoms with Gasteiger partial charge in [0.1, 0.15) is 11.9 Å². The first kappa shape index (κ1) is 14.0. The third-order valence-corrected chi connectivity index (χ3v) is 2.64. The monoisotopic (exact) mass is 237 g/mol. The second-order valence-electron chi connectivity index (χ2n) is 5.21. The molecule has 1 aromatic rings. The zero-order chi connectivity index (χ0) is 12.9. The van der Waals surface area contributed by atoms with Crippen molar-refractivity contribution in [3.8, 4) is 5.75 Å². The molecule has 96 valence electrons. The van der Waals surface area contributed by atoms with Crippen LogP contribution >= 0.6 is 0 Å². The van der Waals surface area contributed by atoms with Gasteiger partial charge < -0.3 is 15.2 Å². The second-order valence-corrected chi connectivity index (χ2v) is 5.21. The SMILES string of the molecule is COCC(CN)Oc1ccc(C(C)(C)C)cc1. The number of ether oxygens (including phenoxy) is 2. The predicted octanol–water partition coefficient (Wildman–Crippen LogP) is 2.34. The first-order valence-electron chi connectivity index (χ1n) is 5.93. The molecule has 0 heterocycles. The van der Waals surface area contributed by atoms with Crippen LogP contribution in [0.4, 0.5) is 0 Å². The Hall–Kier alpha value is -1.06. The maximum atomic E-state index is 5.72. The molecule has 1 atom stereocenters. The summed E-state index contributed by atoms with van der Waals surface area (Å²) >= 11 is 0. The van der Waals surface area contributed by atoms with Crippen LogP contribution in [0.2, 0.25) is 0 Å². The molecule has 17 heavy (non-hydrogen) atoms. The van der Waals surface area contributed by atoms with Gasteiger partial charge in [0, 0.05) is 13.7 Å². The Morgan fingerprint density at radius 1 is 1.18 bits per heavy atom. The van der Waals surface area contributed by atoms with Crippen molar-refractivity contribution in [1.82, 2.24) is 0 Å². The first-order chi connectivity index (χ1) is 7.97. The first-order valence-corrected chi connectivity index (χ1v) is 5.93. The average molecular weight is 237 g/mol. The molecule has 0 bridgehead atoms. The van der Waals surface area contributed by atoms with Crippen LogP contribution < -0.4 is 10.5 Å². The highest BCUT2D eigenvalue weighted by molar-refractivity contribution is 5.31. The van der Waals surface area contributed by atoms with E-state index in [9.17, 15) is 0 Å². The second kappa shape index (κ2) is 6.03. The molecule has 0 spiro atoms. The Morgan fingerprint density at radius 2 is 1.76 bits per heavy atom. The Morgan fingerprint density at radius 3 is 2.18 bits per heavy atom. The van der Waals surface area contributed by atoms with Gasteiger partial charge in [0.2, 0.25) is 0 Å². The van der Waals surface area contributed by atoms with Crippen LogP contribution in [-0.2, 0) is 10.2 Å². The Bertz CT molecular complexity index is 327. The van der Waals surface area contributed by atoms with Crippen molar-refractivity contribution >= 4 is 0 Å². The smallest absolute Gasteiger partial charge is 0.134 e. The third-order valence-electron chi connectivity index (χ3n) is 2.64. The van der Waals surface area contributed by atoms with E-state index >= 15 is 0 Å². The molecular weight excluding hydrogens is 214 g/mol. The summed E-state index contributed by atoms with van der Waals surface area (Å²) in [6, 6.07) is 8.16. The van der Waals surface area contributed by atoms with E-state index in [1.807, 2.05) is 12.1 Å². The number of nitrogens with two attached hydrogens (primary N) is 1. The lowest BCUT2D eigenvalue weighted by molar-refractivity contribution is 0.0860. The van der Waals surface area contributed by atoms with Gasteiger partial charge in [-0.2, -0.15) is 0 Å². The van der Waals surface area contributed by atoms with Gasteiger partial charge in [-0.05, 0) is 23.1 Å². The number of hydrogen-bond acceptors (Lipinski definition) is 3. The number of rotatable bonds is 5. The van der Waals surface area contributed by atoms with Crippen LogP contribution in [0.15, 0.2) is 24.3 Å². The molecule has 0 radical (unpaired) electrons. The number of hydrogen-bond donors (Lipinski definition) is 1. The molecule has 1 unspecified atom stereocenters. The van der Waals surface area contributed by atoms with E-state index in [2.05, 4.69) is 32.9 Å². The summed E-state index contributed by atoms with van der Waals surface area (Å²) in [5.41, 5.74) is 7.06. The van der Waals surface area contributed by atoms with E-state index in [1.165, 1.54) is 5.56 Å². The topological polar surface area (TPSA) is 44.5 Å². The largest absolute Gasteiger partial charge is 0.487 e. The van der Waals surface area contributed by atoms with Gasteiger partial charge in [0.05, 0.1) is 6.61 Å². The lowest BCUT2D eigenvalue weighted by atomic mass is 9.87. The van der Waals surface area contributed by atoms with E-state index in [0.717, 1.165) is 5.75 Å². The molecule has 3 heteroatoms. The van der Waals surface area contributed by atoms with Gasteiger partial charge >= 0.3 is 0 Å². The van der Waals surface area contributed by atoms with Crippen molar-refractivity contribution in [2.45, 2.75) is 32.3 Å². The lowest BCUT2D eigenvalue weighted by Crippen LogP contribution is -2.31. The highest BCUT2D eigenvalue weighted by Crippen LogP contribution is 2.24. The van der Waals surface area contributed by atoms with Crippen LogP contribution in [0.3, 0.4) is 0 Å². The summed E-state index contributed by atoms with van der Waals surface area (Å²) in [7, 11) is 1.65. The molecule has 1 rings (SSSR count). The predicted molar refractivity (Wildman–Crippen MR) is 70.5 cm³/mol. The maximum absolute atomic E-state index is 5.72. The highest BCUT2D eigenvalue weighted by Gasteiger charge is 2.14. The van der Waals surface area contributed by atoms with Crippen molar-refractivity contribution in [3.63, 3.8) is 0 Å². The minimum Gasteiger partial charge on any atom is -0.487 e. The molecule has 1 aromatic carbocycles. The molecule has 2 N–H and O–H groups in total. The van der Waals surface area contributed by atoms with Gasteiger partial charge in [0.25, 0.3) is 0 Å². The van der Waals surface area contributed by atoms with Crippen LogP contribution in [0.25, 0.3) is 0 Å². The zero-order valence-electron chi connectivity index (χ0n) is 11.2. The maximum Gasteiger partial charge on any atom is 0.134 e. The average Bonchev–Trinajstić information content (AvgIpc) is 2.28. The molecule has 0 amide bonds. The molecule has 0 aliphatic rings. The van der Waals surface area contributed by atoms with Crippen molar-refractivity contribution < 1.29 is 9.47 Å². The van der Waals surface area contributed by atoms with Crippen molar-refractivity contribution in [2.75, 3.05) is 20.3 Å². The van der Waals surface area contributed by atoms with Gasteiger partial charge in [-0.25, -0.2) is 0 Å². The van der Waals surface area contributed by atoms with Gasteiger partial charge in [-0.3, -0.25) is 0 Å². The minimum absolute atomic E-state index is 0.0829. The normalized spacial score (nSPS) is 13.5. The van der Waals surface area contributed by atoms with E-state index < -0.39 is 0 Å². The van der Waals surface area contributed by atoms with E-state index in [1.54, 1.807) is 7.11 Å². The summed E-state index contributed by atoms with van der Waals surface area (Å²) in [5, 5.41) is 0. The van der Waals surface area contributed by atoms with Gasteiger partial charge in [0.15, 0.2) is 0 Å². The number of methoxy groups -OCH3 is 1. The molecule has 0 aliphatic carbocycles. The van der Waals surface area contributed by atoms with Crippen LogP contribution in [0.5, 0.6) is 5.75 Å². The Kier molecular flexibility index (Phi) is 4.97. The fraction of sp³-hybridized carbons (Fsp3) is 0.571. The number of benzene rings is 1. The molecular formula is C14H23NO2. The molecule has 0 saturated heterocycles. The summed E-state index contributed by atoms with van der Waals surface area (Å²) < 4.78 is 10.8. The van der Waals surface area contributed by atoms with Crippen molar-refractivity contribution in [1.29, 1.82) is 0 Å². The summed E-state index contributed by atoms with van der Waals surface area (Å²) in [4.78, 5) is 0. The molecule has 0 fully saturated rings. The summed E-state index contributed by atoms with van der Waals surface area (Å²) in [5.74, 6) is 0.838. The molecule has 0 aliphatic heterocycles. The lowest BCUT2D eigenvalue weighted by Gasteiger charge is -2.20. The standard InChI is InChI=1S/C14H23NO2/c1-14(2,3)11-5-7-12(8-6-11)17-13(9-15)10-16-4/h5-8,13H,9-10,15H2,1-4H3. The van der Waals surface area contributed by atoms with Crippen molar-refractivity contribution in [3.05, 3.63) is 29.8 Å². The van der Waals surface area contributed by atoms with E-state index in [-0.39, 0.29) is 11.5 Å². The molecule has 0 saturated carbocycles. The molecule has 3 nitrogen and oxygen atoms in total.